The number of methoxy groups -OCH3 is 1. The molecule has 2 N–H and O–H groups in total. The average molecular weight is 499 g/mol. The minimum Gasteiger partial charge on any atom is -0.496 e. The number of rotatable bonds is 6. The monoisotopic (exact) mass is 498 g/mol. The average Bonchev–Trinajstić information content (AvgIpc) is 2.89. The Kier molecular flexibility index (Phi) is 8.13. The first-order valence-corrected chi connectivity index (χ1v) is 12.4. The first-order chi connectivity index (χ1) is 17.0. The quantitative estimate of drug-likeness (QED) is 0.624. The van der Waals surface area contributed by atoms with Crippen LogP contribution in [0.1, 0.15) is 43.7 Å². The fourth-order valence-corrected chi connectivity index (χ4v) is 4.93. The summed E-state index contributed by atoms with van der Waals surface area (Å²) in [7, 11) is 1.54. The molecule has 9 heteroatoms. The number of hydrogen-bond donors (Lipinski definition) is 2. The molecule has 0 radical (unpaired) electrons. The van der Waals surface area contributed by atoms with Gasteiger partial charge in [0.05, 0.1) is 7.11 Å². The number of nitrogens with zero attached hydrogens (tertiary/aromatic N) is 2. The minimum absolute atomic E-state index is 0.165. The van der Waals surface area contributed by atoms with E-state index in [1.165, 1.54) is 7.11 Å². The lowest BCUT2D eigenvalue weighted by Crippen LogP contribution is -2.52. The molecule has 0 bridgehead atoms. The van der Waals surface area contributed by atoms with Gasteiger partial charge in [-0.2, -0.15) is 0 Å². The zero-order valence-corrected chi connectivity index (χ0v) is 20.6. The van der Waals surface area contributed by atoms with E-state index in [-0.39, 0.29) is 17.9 Å². The van der Waals surface area contributed by atoms with Crippen molar-refractivity contribution >= 4 is 35.1 Å². The van der Waals surface area contributed by atoms with Gasteiger partial charge in [0.2, 0.25) is 11.8 Å². The first kappa shape index (κ1) is 24.9. The lowest BCUT2D eigenvalue weighted by Gasteiger charge is -2.41. The molecule has 2 fully saturated rings. The Morgan fingerprint density at radius 2 is 1.74 bits per heavy atom. The van der Waals surface area contributed by atoms with E-state index in [0.717, 1.165) is 32.2 Å². The fourth-order valence-electron chi connectivity index (χ4n) is 4.80. The van der Waals surface area contributed by atoms with Crippen molar-refractivity contribution in [2.45, 2.75) is 44.2 Å². The number of likely N-dealkylation sites (tertiary alicyclic amines) is 2. The van der Waals surface area contributed by atoms with Crippen molar-refractivity contribution in [2.75, 3.05) is 32.1 Å². The molecule has 2 aliphatic rings. The second-order valence-corrected chi connectivity index (χ2v) is 9.32. The number of carbonyl (C=O) groups excluding carboxylic acids is 3. The standard InChI is InChI=1S/C26H31ClN4O4/c1-35-22-7-3-2-6-21(22)24(29-26(34)28-19-11-9-18(27)10-12-19)25(33)30-16-13-20(14-17-30)31-15-5-4-8-23(31)32/h2-3,6-7,9-12,20,24H,4-5,8,13-17H2,1H3,(H2,28,29,34). The summed E-state index contributed by atoms with van der Waals surface area (Å²) in [6, 6.07) is 12.6. The highest BCUT2D eigenvalue weighted by Crippen LogP contribution is 2.29. The van der Waals surface area contributed by atoms with Crippen molar-refractivity contribution in [2.24, 2.45) is 0 Å². The SMILES string of the molecule is COc1ccccc1C(NC(=O)Nc1ccc(Cl)cc1)C(=O)N1CCC(N2CCCCC2=O)CC1. The van der Waals surface area contributed by atoms with Gasteiger partial charge in [0.25, 0.3) is 0 Å². The Morgan fingerprint density at radius 3 is 2.43 bits per heavy atom. The van der Waals surface area contributed by atoms with Crippen LogP contribution in [-0.2, 0) is 9.59 Å². The summed E-state index contributed by atoms with van der Waals surface area (Å²) < 4.78 is 5.48. The molecule has 35 heavy (non-hydrogen) atoms. The molecule has 1 unspecified atom stereocenters. The van der Waals surface area contributed by atoms with Crippen molar-refractivity contribution in [3.8, 4) is 5.75 Å². The molecule has 2 aromatic carbocycles. The number of hydrogen-bond acceptors (Lipinski definition) is 4. The van der Waals surface area contributed by atoms with Crippen LogP contribution in [0.25, 0.3) is 0 Å². The number of anilines is 1. The number of halogens is 1. The van der Waals surface area contributed by atoms with Crippen LogP contribution in [0.4, 0.5) is 10.5 Å². The number of urea groups is 1. The predicted octanol–water partition coefficient (Wildman–Crippen LogP) is 4.21. The maximum absolute atomic E-state index is 13.7. The lowest BCUT2D eigenvalue weighted by molar-refractivity contribution is -0.139. The maximum atomic E-state index is 13.7. The Bertz CT molecular complexity index is 1050. The summed E-state index contributed by atoms with van der Waals surface area (Å²) in [5, 5.41) is 6.15. The summed E-state index contributed by atoms with van der Waals surface area (Å²) in [5.74, 6) is 0.532. The predicted molar refractivity (Wildman–Crippen MR) is 135 cm³/mol. The molecule has 4 rings (SSSR count). The molecule has 8 nitrogen and oxygen atoms in total. The smallest absolute Gasteiger partial charge is 0.320 e. The minimum atomic E-state index is -0.924. The summed E-state index contributed by atoms with van der Waals surface area (Å²) >= 11 is 5.93. The molecule has 2 saturated heterocycles. The second kappa shape index (κ2) is 11.4. The molecule has 0 saturated carbocycles. The zero-order valence-electron chi connectivity index (χ0n) is 19.8. The van der Waals surface area contributed by atoms with Crippen LogP contribution in [0.15, 0.2) is 48.5 Å². The molecule has 0 aliphatic carbocycles. The van der Waals surface area contributed by atoms with Crippen LogP contribution < -0.4 is 15.4 Å². The van der Waals surface area contributed by atoms with E-state index < -0.39 is 12.1 Å². The van der Waals surface area contributed by atoms with Gasteiger partial charge in [-0.1, -0.05) is 29.8 Å². The van der Waals surface area contributed by atoms with Gasteiger partial charge in [-0.3, -0.25) is 9.59 Å². The summed E-state index contributed by atoms with van der Waals surface area (Å²) in [6.45, 7) is 1.85. The molecule has 0 aromatic heterocycles. The van der Waals surface area contributed by atoms with Gasteiger partial charge in [0.15, 0.2) is 0 Å². The van der Waals surface area contributed by atoms with E-state index in [1.807, 2.05) is 17.0 Å². The van der Waals surface area contributed by atoms with E-state index in [4.69, 9.17) is 16.3 Å². The highest BCUT2D eigenvalue weighted by atomic mass is 35.5. The fraction of sp³-hybridized carbons (Fsp3) is 0.423. The van der Waals surface area contributed by atoms with Gasteiger partial charge in [-0.05, 0) is 56.0 Å². The number of piperidine rings is 2. The molecule has 4 amide bonds. The second-order valence-electron chi connectivity index (χ2n) is 8.88. The van der Waals surface area contributed by atoms with Crippen LogP contribution in [-0.4, -0.2) is 60.4 Å². The first-order valence-electron chi connectivity index (χ1n) is 12.0. The van der Waals surface area contributed by atoms with Crippen molar-refractivity contribution < 1.29 is 19.1 Å². The number of ether oxygens (including phenoxy) is 1. The molecular formula is C26H31ClN4O4. The zero-order chi connectivity index (χ0) is 24.8. The number of carbonyl (C=O) groups is 3. The molecule has 0 spiro atoms. The van der Waals surface area contributed by atoms with Crippen LogP contribution >= 0.6 is 11.6 Å². The van der Waals surface area contributed by atoms with E-state index in [0.29, 0.717) is 41.5 Å². The van der Waals surface area contributed by atoms with Crippen molar-refractivity contribution in [3.63, 3.8) is 0 Å². The third kappa shape index (κ3) is 6.06. The van der Waals surface area contributed by atoms with Crippen LogP contribution in [0.2, 0.25) is 5.02 Å². The number of benzene rings is 2. The molecule has 2 aromatic rings. The van der Waals surface area contributed by atoms with E-state index in [9.17, 15) is 14.4 Å². The van der Waals surface area contributed by atoms with Crippen molar-refractivity contribution in [1.29, 1.82) is 0 Å². The van der Waals surface area contributed by atoms with Gasteiger partial charge in [-0.15, -0.1) is 0 Å². The van der Waals surface area contributed by atoms with Crippen LogP contribution in [0, 0.1) is 0 Å². The van der Waals surface area contributed by atoms with Gasteiger partial charge >= 0.3 is 6.03 Å². The van der Waals surface area contributed by atoms with Crippen LogP contribution in [0.5, 0.6) is 5.75 Å². The summed E-state index contributed by atoms with van der Waals surface area (Å²) in [4.78, 5) is 42.6. The summed E-state index contributed by atoms with van der Waals surface area (Å²) in [5.41, 5.74) is 1.14. The van der Waals surface area contributed by atoms with Crippen molar-refractivity contribution in [3.05, 3.63) is 59.1 Å². The summed E-state index contributed by atoms with van der Waals surface area (Å²) in [6.07, 6.45) is 4.06. The van der Waals surface area contributed by atoms with Crippen LogP contribution in [0.3, 0.4) is 0 Å². The van der Waals surface area contributed by atoms with E-state index in [2.05, 4.69) is 10.6 Å². The molecule has 2 aliphatic heterocycles. The highest BCUT2D eigenvalue weighted by Gasteiger charge is 2.35. The Morgan fingerprint density at radius 1 is 1.03 bits per heavy atom. The third-order valence-corrected chi connectivity index (χ3v) is 6.90. The van der Waals surface area contributed by atoms with E-state index >= 15 is 0 Å². The van der Waals surface area contributed by atoms with Gasteiger partial charge < -0.3 is 25.2 Å². The normalized spacial score (nSPS) is 17.6. The van der Waals surface area contributed by atoms with Gasteiger partial charge in [-0.25, -0.2) is 4.79 Å². The maximum Gasteiger partial charge on any atom is 0.320 e. The topological polar surface area (TPSA) is 91.0 Å². The Hall–Kier alpha value is -3.26. The van der Waals surface area contributed by atoms with Crippen molar-refractivity contribution in [1.82, 2.24) is 15.1 Å². The third-order valence-electron chi connectivity index (χ3n) is 6.65. The van der Waals surface area contributed by atoms with Gasteiger partial charge in [0.1, 0.15) is 11.8 Å². The number of amides is 4. The number of para-hydroxylation sites is 1. The highest BCUT2D eigenvalue weighted by molar-refractivity contribution is 6.30. The molecule has 2 heterocycles. The molecule has 186 valence electrons. The lowest BCUT2D eigenvalue weighted by atomic mass is 9.97. The van der Waals surface area contributed by atoms with E-state index in [1.54, 1.807) is 41.3 Å². The molecule has 1 atom stereocenters. The Labute approximate surface area is 210 Å². The van der Waals surface area contributed by atoms with Gasteiger partial charge in [0, 0.05) is 48.4 Å². The largest absolute Gasteiger partial charge is 0.496 e. The Balaban J connectivity index is 1.47. The molecular weight excluding hydrogens is 468 g/mol. The number of nitrogens with one attached hydrogen (secondary N) is 2.